The van der Waals surface area contributed by atoms with E-state index in [2.05, 4.69) is 27.4 Å². The van der Waals surface area contributed by atoms with Crippen LogP contribution in [0.5, 0.6) is 0 Å². The third-order valence-electron chi connectivity index (χ3n) is 4.82. The van der Waals surface area contributed by atoms with Gasteiger partial charge in [0.2, 0.25) is 5.91 Å². The number of likely N-dealkylation sites (tertiary alicyclic amines) is 1. The van der Waals surface area contributed by atoms with Crippen molar-refractivity contribution in [2.24, 2.45) is 22.7 Å². The molecule has 0 radical (unpaired) electrons. The van der Waals surface area contributed by atoms with Crippen LogP contribution < -0.4 is 10.6 Å². The van der Waals surface area contributed by atoms with Crippen molar-refractivity contribution in [3.05, 3.63) is 29.8 Å². The number of rotatable bonds is 5. The van der Waals surface area contributed by atoms with Crippen LogP contribution in [0.3, 0.4) is 0 Å². The van der Waals surface area contributed by atoms with E-state index in [1.165, 1.54) is 7.11 Å². The topological polar surface area (TPSA) is 83.0 Å². The summed E-state index contributed by atoms with van der Waals surface area (Å²) in [7, 11) is 3.17. The van der Waals surface area contributed by atoms with Crippen molar-refractivity contribution < 1.29 is 14.3 Å². The summed E-state index contributed by atoms with van der Waals surface area (Å²) >= 11 is 0. The van der Waals surface area contributed by atoms with Gasteiger partial charge in [0, 0.05) is 38.3 Å². The minimum absolute atomic E-state index is 0. The summed E-state index contributed by atoms with van der Waals surface area (Å²) in [5, 5.41) is 6.22. The summed E-state index contributed by atoms with van der Waals surface area (Å²) in [4.78, 5) is 30.0. The highest BCUT2D eigenvalue weighted by Gasteiger charge is 2.36. The molecule has 0 aliphatic carbocycles. The van der Waals surface area contributed by atoms with Crippen LogP contribution in [0.4, 0.5) is 5.69 Å². The molecule has 0 saturated carbocycles. The van der Waals surface area contributed by atoms with Crippen LogP contribution in [0.15, 0.2) is 29.3 Å². The molecule has 7 nitrogen and oxygen atoms in total. The van der Waals surface area contributed by atoms with Gasteiger partial charge in [-0.1, -0.05) is 32.9 Å². The minimum Gasteiger partial charge on any atom is -0.469 e. The molecule has 1 aliphatic rings. The summed E-state index contributed by atoms with van der Waals surface area (Å²) < 4.78 is 4.89. The first-order chi connectivity index (χ1) is 12.8. The molecule has 156 valence electrons. The molecule has 2 unspecified atom stereocenters. The SMILES string of the molecule is CN=C(NCc1ccc(NC(=O)C(C)C)cc1)N1CC(C)C(C(=O)OC)C1.I. The van der Waals surface area contributed by atoms with Crippen LogP contribution in [-0.4, -0.2) is 50.0 Å². The van der Waals surface area contributed by atoms with Gasteiger partial charge in [-0.15, -0.1) is 24.0 Å². The van der Waals surface area contributed by atoms with Crippen LogP contribution in [0.2, 0.25) is 0 Å². The van der Waals surface area contributed by atoms with Gasteiger partial charge in [0.25, 0.3) is 0 Å². The number of hydrogen-bond acceptors (Lipinski definition) is 4. The standard InChI is InChI=1S/C20H30N4O3.HI/c1-13(2)18(25)23-16-8-6-15(7-9-16)10-22-20(21-4)24-11-14(3)17(12-24)19(26)27-5;/h6-9,13-14,17H,10-12H2,1-5H3,(H,21,22)(H,23,25);1H. The molecule has 2 rings (SSSR count). The average Bonchev–Trinajstić information content (AvgIpc) is 3.04. The molecule has 8 heteroatoms. The Morgan fingerprint density at radius 3 is 2.43 bits per heavy atom. The fourth-order valence-corrected chi connectivity index (χ4v) is 3.10. The van der Waals surface area contributed by atoms with E-state index >= 15 is 0 Å². The smallest absolute Gasteiger partial charge is 0.310 e. The number of halogens is 1. The van der Waals surface area contributed by atoms with Gasteiger partial charge in [-0.3, -0.25) is 14.6 Å². The maximum Gasteiger partial charge on any atom is 0.310 e. The molecule has 2 atom stereocenters. The van der Waals surface area contributed by atoms with Crippen molar-refractivity contribution in [1.29, 1.82) is 0 Å². The van der Waals surface area contributed by atoms with Crippen LogP contribution in [0, 0.1) is 17.8 Å². The quantitative estimate of drug-likeness (QED) is 0.280. The first-order valence-corrected chi connectivity index (χ1v) is 9.29. The third-order valence-corrected chi connectivity index (χ3v) is 4.82. The predicted octanol–water partition coefficient (Wildman–Crippen LogP) is 2.72. The van der Waals surface area contributed by atoms with Gasteiger partial charge < -0.3 is 20.3 Å². The van der Waals surface area contributed by atoms with E-state index in [1.807, 2.05) is 38.1 Å². The van der Waals surface area contributed by atoms with Crippen molar-refractivity contribution >= 4 is 47.5 Å². The van der Waals surface area contributed by atoms with Crippen LogP contribution in [-0.2, 0) is 20.9 Å². The lowest BCUT2D eigenvalue weighted by Crippen LogP contribution is -2.40. The Morgan fingerprint density at radius 2 is 1.89 bits per heavy atom. The van der Waals surface area contributed by atoms with Crippen LogP contribution in [0.1, 0.15) is 26.3 Å². The number of hydrogen-bond donors (Lipinski definition) is 2. The number of benzene rings is 1. The van der Waals surface area contributed by atoms with Gasteiger partial charge in [0.05, 0.1) is 13.0 Å². The van der Waals surface area contributed by atoms with E-state index in [9.17, 15) is 9.59 Å². The second-order valence-electron chi connectivity index (χ2n) is 7.25. The molecule has 1 amide bonds. The monoisotopic (exact) mass is 502 g/mol. The molecule has 1 aromatic carbocycles. The lowest BCUT2D eigenvalue weighted by Gasteiger charge is -2.21. The van der Waals surface area contributed by atoms with Gasteiger partial charge in [0.15, 0.2) is 5.96 Å². The molecular formula is C20H31IN4O3. The predicted molar refractivity (Wildman–Crippen MR) is 122 cm³/mol. The zero-order valence-corrected chi connectivity index (χ0v) is 19.5. The summed E-state index contributed by atoms with van der Waals surface area (Å²) in [5.74, 6) is 0.651. The second kappa shape index (κ2) is 11.2. The lowest BCUT2D eigenvalue weighted by atomic mass is 9.99. The highest BCUT2D eigenvalue weighted by molar-refractivity contribution is 14.0. The Balaban J connectivity index is 0.00000392. The maximum atomic E-state index is 11.9. The Labute approximate surface area is 184 Å². The van der Waals surface area contributed by atoms with Crippen molar-refractivity contribution in [1.82, 2.24) is 10.2 Å². The Morgan fingerprint density at radius 1 is 1.25 bits per heavy atom. The largest absolute Gasteiger partial charge is 0.469 e. The second-order valence-corrected chi connectivity index (χ2v) is 7.25. The van der Waals surface area contributed by atoms with E-state index < -0.39 is 0 Å². The lowest BCUT2D eigenvalue weighted by molar-refractivity contribution is -0.146. The molecule has 0 spiro atoms. The molecule has 1 aliphatic heterocycles. The molecule has 1 aromatic rings. The van der Waals surface area contributed by atoms with Crippen LogP contribution >= 0.6 is 24.0 Å². The zero-order valence-electron chi connectivity index (χ0n) is 17.2. The van der Waals surface area contributed by atoms with E-state index in [0.717, 1.165) is 23.8 Å². The fraction of sp³-hybridized carbons (Fsp3) is 0.550. The number of esters is 1. The van der Waals surface area contributed by atoms with Gasteiger partial charge in [-0.2, -0.15) is 0 Å². The summed E-state index contributed by atoms with van der Waals surface area (Å²) in [6.45, 7) is 7.76. The number of nitrogens with one attached hydrogen (secondary N) is 2. The highest BCUT2D eigenvalue weighted by atomic mass is 127. The number of methoxy groups -OCH3 is 1. The molecule has 1 heterocycles. The number of ether oxygens (including phenoxy) is 1. The number of guanidine groups is 1. The summed E-state index contributed by atoms with van der Waals surface area (Å²) in [5.41, 5.74) is 1.87. The van der Waals surface area contributed by atoms with Crippen molar-refractivity contribution in [2.75, 3.05) is 32.6 Å². The van der Waals surface area contributed by atoms with E-state index in [4.69, 9.17) is 4.74 Å². The van der Waals surface area contributed by atoms with Gasteiger partial charge in [-0.25, -0.2) is 0 Å². The summed E-state index contributed by atoms with van der Waals surface area (Å²) in [6.07, 6.45) is 0. The van der Waals surface area contributed by atoms with Gasteiger partial charge in [0.1, 0.15) is 0 Å². The van der Waals surface area contributed by atoms with E-state index in [0.29, 0.717) is 13.1 Å². The fourth-order valence-electron chi connectivity index (χ4n) is 3.10. The normalized spacial score (nSPS) is 19.2. The zero-order chi connectivity index (χ0) is 20.0. The van der Waals surface area contributed by atoms with Crippen LogP contribution in [0.25, 0.3) is 0 Å². The van der Waals surface area contributed by atoms with Gasteiger partial charge >= 0.3 is 5.97 Å². The molecule has 1 saturated heterocycles. The van der Waals surface area contributed by atoms with Crippen molar-refractivity contribution in [3.8, 4) is 0 Å². The van der Waals surface area contributed by atoms with E-state index in [1.54, 1.807) is 7.05 Å². The third kappa shape index (κ3) is 6.35. The maximum absolute atomic E-state index is 11.9. The minimum atomic E-state index is -0.167. The first kappa shape index (κ1) is 24.2. The Hall–Kier alpha value is -1.84. The number of carbonyl (C=O) groups is 2. The first-order valence-electron chi connectivity index (χ1n) is 9.29. The summed E-state index contributed by atoms with van der Waals surface area (Å²) in [6, 6.07) is 7.73. The molecule has 0 aromatic heterocycles. The molecule has 2 N–H and O–H groups in total. The number of amides is 1. The molecular weight excluding hydrogens is 471 g/mol. The average molecular weight is 502 g/mol. The number of nitrogens with zero attached hydrogens (tertiary/aromatic N) is 2. The highest BCUT2D eigenvalue weighted by Crippen LogP contribution is 2.24. The molecule has 28 heavy (non-hydrogen) atoms. The number of aliphatic imine (C=N–C) groups is 1. The van der Waals surface area contributed by atoms with E-state index in [-0.39, 0.29) is 53.6 Å². The van der Waals surface area contributed by atoms with Gasteiger partial charge in [-0.05, 0) is 23.6 Å². The molecule has 0 bridgehead atoms. The Kier molecular flexibility index (Phi) is 9.71. The number of carbonyl (C=O) groups excluding carboxylic acids is 2. The molecule has 1 fully saturated rings. The van der Waals surface area contributed by atoms with Crippen molar-refractivity contribution in [2.45, 2.75) is 27.3 Å². The number of anilines is 1. The van der Waals surface area contributed by atoms with Crippen molar-refractivity contribution in [3.63, 3.8) is 0 Å². The Bertz CT molecular complexity index is 691.